The van der Waals surface area contributed by atoms with Crippen LogP contribution >= 0.6 is 34.5 Å². The number of allylic oxidation sites excluding steroid dienone is 1. The van der Waals surface area contributed by atoms with Crippen molar-refractivity contribution >= 4 is 57.4 Å². The largest absolute Gasteiger partial charge is 0.342 e. The maximum absolute atomic E-state index is 14.2. The van der Waals surface area contributed by atoms with Gasteiger partial charge in [0.15, 0.2) is 4.80 Å². The van der Waals surface area contributed by atoms with Crippen molar-refractivity contribution in [3.8, 4) is 0 Å². The fraction of sp³-hybridized carbons (Fsp3) is 0.206. The Hall–Kier alpha value is -3.91. The summed E-state index contributed by atoms with van der Waals surface area (Å²) in [4.78, 5) is 35.1. The van der Waals surface area contributed by atoms with Gasteiger partial charge in [-0.2, -0.15) is 0 Å². The first-order chi connectivity index (χ1) is 20.8. The molecule has 0 spiro atoms. The molecule has 218 valence electrons. The number of fused-ring (bicyclic) bond motifs is 2. The molecular formula is C34H30Cl2N4O2S. The Kier molecular flexibility index (Phi) is 8.14. The van der Waals surface area contributed by atoms with Crippen molar-refractivity contribution in [3.05, 3.63) is 137 Å². The van der Waals surface area contributed by atoms with Crippen LogP contribution in [0.1, 0.15) is 43.5 Å². The Morgan fingerprint density at radius 3 is 2.30 bits per heavy atom. The summed E-state index contributed by atoms with van der Waals surface area (Å²) in [7, 11) is 0. The lowest BCUT2D eigenvalue weighted by atomic mass is 9.94. The number of likely N-dealkylation sites (N-methyl/N-ethyl adjacent to an activating group) is 1. The van der Waals surface area contributed by atoms with E-state index < -0.39 is 6.04 Å². The van der Waals surface area contributed by atoms with Crippen molar-refractivity contribution in [3.63, 3.8) is 0 Å². The Morgan fingerprint density at radius 1 is 0.977 bits per heavy atom. The van der Waals surface area contributed by atoms with E-state index in [4.69, 9.17) is 28.2 Å². The van der Waals surface area contributed by atoms with Gasteiger partial charge in [0.05, 0.1) is 21.8 Å². The van der Waals surface area contributed by atoms with E-state index in [-0.39, 0.29) is 11.5 Å². The highest BCUT2D eigenvalue weighted by Gasteiger charge is 2.34. The lowest BCUT2D eigenvalue weighted by Gasteiger charge is -2.29. The van der Waals surface area contributed by atoms with Crippen molar-refractivity contribution in [1.82, 2.24) is 14.0 Å². The van der Waals surface area contributed by atoms with Crippen molar-refractivity contribution in [1.29, 1.82) is 0 Å². The minimum atomic E-state index is -0.616. The molecule has 9 heteroatoms. The van der Waals surface area contributed by atoms with Crippen LogP contribution in [0.5, 0.6) is 0 Å². The first-order valence-electron chi connectivity index (χ1n) is 14.2. The first kappa shape index (κ1) is 29.2. The summed E-state index contributed by atoms with van der Waals surface area (Å²) < 4.78 is 4.40. The minimum Gasteiger partial charge on any atom is -0.342 e. The quantitative estimate of drug-likeness (QED) is 0.209. The number of hydrogen-bond acceptors (Lipinski definition) is 4. The van der Waals surface area contributed by atoms with E-state index in [1.807, 2.05) is 75.4 Å². The van der Waals surface area contributed by atoms with Crippen LogP contribution in [0.2, 0.25) is 10.0 Å². The predicted octanol–water partition coefficient (Wildman–Crippen LogP) is 6.41. The number of amides is 1. The monoisotopic (exact) mass is 628 g/mol. The first-order valence-corrected chi connectivity index (χ1v) is 15.8. The number of para-hydroxylation sites is 1. The molecule has 1 amide bonds. The molecule has 0 radical (unpaired) electrons. The van der Waals surface area contributed by atoms with Gasteiger partial charge in [-0.1, -0.05) is 77.0 Å². The standard InChI is InChI=1S/C34H30Cl2N4O2S/c1-4-38(5-2)33(42)30-21(3)37-34-40(31(30)23-12-16-26(36)17-13-23)32(41)29(43-34)18-24-20-39(28-9-7-6-8-27(24)28)19-22-10-14-25(35)15-11-22/h6-18,20,31H,4-5,19H2,1-3H3/b29-18+/t31-/m1/s1. The number of carbonyl (C=O) groups is 1. The van der Waals surface area contributed by atoms with Crippen molar-refractivity contribution in [2.45, 2.75) is 33.4 Å². The Balaban J connectivity index is 1.51. The fourth-order valence-electron chi connectivity index (χ4n) is 5.69. The van der Waals surface area contributed by atoms with Gasteiger partial charge in [0.2, 0.25) is 0 Å². The molecule has 6 rings (SSSR count). The predicted molar refractivity (Wildman–Crippen MR) is 176 cm³/mol. The van der Waals surface area contributed by atoms with Crippen LogP contribution in [0.25, 0.3) is 17.0 Å². The van der Waals surface area contributed by atoms with Gasteiger partial charge in [-0.15, -0.1) is 0 Å². The summed E-state index contributed by atoms with van der Waals surface area (Å²) in [5, 5.41) is 2.33. The van der Waals surface area contributed by atoms with E-state index in [1.165, 1.54) is 11.3 Å². The summed E-state index contributed by atoms with van der Waals surface area (Å²) in [5.41, 5.74) is 4.87. The highest BCUT2D eigenvalue weighted by Crippen LogP contribution is 2.32. The summed E-state index contributed by atoms with van der Waals surface area (Å²) >= 11 is 13.7. The number of carbonyl (C=O) groups excluding carboxylic acids is 1. The van der Waals surface area contributed by atoms with Gasteiger partial charge >= 0.3 is 0 Å². The molecule has 2 aromatic heterocycles. The van der Waals surface area contributed by atoms with Crippen LogP contribution in [0.4, 0.5) is 0 Å². The topological polar surface area (TPSA) is 59.6 Å². The fourth-order valence-corrected chi connectivity index (χ4v) is 6.97. The maximum Gasteiger partial charge on any atom is 0.271 e. The van der Waals surface area contributed by atoms with Gasteiger partial charge in [-0.25, -0.2) is 4.99 Å². The number of nitrogens with zero attached hydrogens (tertiary/aromatic N) is 4. The van der Waals surface area contributed by atoms with Gasteiger partial charge in [0.1, 0.15) is 0 Å². The van der Waals surface area contributed by atoms with E-state index in [0.29, 0.717) is 50.3 Å². The lowest BCUT2D eigenvalue weighted by Crippen LogP contribution is -2.43. The molecule has 1 atom stereocenters. The Labute approximate surface area is 263 Å². The SMILES string of the molecule is CCN(CC)C(=O)C1=C(C)N=c2s/c(=C/c3cn(Cc4ccc(Cl)cc4)c4ccccc34)c(=O)n2[C@@H]1c1ccc(Cl)cc1. The second kappa shape index (κ2) is 12.0. The zero-order chi connectivity index (χ0) is 30.2. The Bertz CT molecular complexity index is 2050. The zero-order valence-electron chi connectivity index (χ0n) is 24.1. The van der Waals surface area contributed by atoms with E-state index >= 15 is 0 Å². The van der Waals surface area contributed by atoms with Gasteiger partial charge in [0.25, 0.3) is 11.5 Å². The molecule has 0 aliphatic carbocycles. The lowest BCUT2D eigenvalue weighted by molar-refractivity contribution is -0.127. The second-order valence-electron chi connectivity index (χ2n) is 10.5. The third-order valence-electron chi connectivity index (χ3n) is 7.86. The average molecular weight is 630 g/mol. The van der Waals surface area contributed by atoms with Crippen LogP contribution in [0.3, 0.4) is 0 Å². The normalized spacial score (nSPS) is 15.1. The smallest absolute Gasteiger partial charge is 0.271 e. The molecule has 1 aliphatic rings. The molecule has 0 saturated heterocycles. The van der Waals surface area contributed by atoms with E-state index in [0.717, 1.165) is 27.6 Å². The van der Waals surface area contributed by atoms with Gasteiger partial charge in [0, 0.05) is 52.3 Å². The van der Waals surface area contributed by atoms with E-state index in [2.05, 4.69) is 22.9 Å². The molecule has 0 unspecified atom stereocenters. The molecule has 3 aromatic carbocycles. The molecule has 43 heavy (non-hydrogen) atoms. The highest BCUT2D eigenvalue weighted by molar-refractivity contribution is 7.07. The molecule has 6 nitrogen and oxygen atoms in total. The highest BCUT2D eigenvalue weighted by atomic mass is 35.5. The van der Waals surface area contributed by atoms with Crippen LogP contribution in [-0.4, -0.2) is 33.0 Å². The number of halogens is 2. The molecule has 0 bridgehead atoms. The molecule has 0 fully saturated rings. The molecule has 0 N–H and O–H groups in total. The van der Waals surface area contributed by atoms with Crippen molar-refractivity contribution in [2.75, 3.05) is 13.1 Å². The number of rotatable bonds is 7. The zero-order valence-corrected chi connectivity index (χ0v) is 26.4. The maximum atomic E-state index is 14.2. The summed E-state index contributed by atoms with van der Waals surface area (Å²) in [5.74, 6) is -0.120. The van der Waals surface area contributed by atoms with E-state index in [9.17, 15) is 9.59 Å². The van der Waals surface area contributed by atoms with Crippen LogP contribution < -0.4 is 14.9 Å². The summed E-state index contributed by atoms with van der Waals surface area (Å²) in [6.45, 7) is 7.54. The average Bonchev–Trinajstić information content (AvgIpc) is 3.50. The van der Waals surface area contributed by atoms with Gasteiger partial charge in [-0.05, 0) is 68.3 Å². The molecule has 0 saturated carbocycles. The van der Waals surface area contributed by atoms with Crippen LogP contribution in [0.15, 0.2) is 100 Å². The van der Waals surface area contributed by atoms with Crippen molar-refractivity contribution in [2.24, 2.45) is 4.99 Å². The van der Waals surface area contributed by atoms with Gasteiger partial charge in [-0.3, -0.25) is 14.2 Å². The van der Waals surface area contributed by atoms with E-state index in [1.54, 1.807) is 21.6 Å². The number of benzene rings is 3. The molecule has 1 aliphatic heterocycles. The van der Waals surface area contributed by atoms with Crippen LogP contribution in [-0.2, 0) is 11.3 Å². The van der Waals surface area contributed by atoms with Crippen molar-refractivity contribution < 1.29 is 4.79 Å². The Morgan fingerprint density at radius 2 is 1.63 bits per heavy atom. The molecular weight excluding hydrogens is 599 g/mol. The number of aromatic nitrogens is 2. The number of hydrogen-bond donors (Lipinski definition) is 0. The third-order valence-corrected chi connectivity index (χ3v) is 9.35. The third kappa shape index (κ3) is 5.49. The van der Waals surface area contributed by atoms with Crippen LogP contribution in [0, 0.1) is 0 Å². The summed E-state index contributed by atoms with van der Waals surface area (Å²) in [6, 6.07) is 22.7. The molecule has 3 heterocycles. The second-order valence-corrected chi connectivity index (χ2v) is 12.3. The number of thiazole rings is 1. The minimum absolute atomic E-state index is 0.120. The van der Waals surface area contributed by atoms with Gasteiger partial charge < -0.3 is 9.47 Å². The molecule has 5 aromatic rings. The summed E-state index contributed by atoms with van der Waals surface area (Å²) in [6.07, 6.45) is 4.02.